The van der Waals surface area contributed by atoms with Crippen LogP contribution in [0.15, 0.2) is 16.6 Å². The molecular formula is C17H27BrN2. The third-order valence-corrected chi connectivity index (χ3v) is 4.50. The molecule has 1 heterocycles. The van der Waals surface area contributed by atoms with Crippen molar-refractivity contribution in [3.8, 4) is 0 Å². The van der Waals surface area contributed by atoms with Crippen LogP contribution in [-0.2, 0) is 0 Å². The summed E-state index contributed by atoms with van der Waals surface area (Å²) >= 11 is 3.59. The number of nitrogens with one attached hydrogen (secondary N) is 1. The van der Waals surface area contributed by atoms with Gasteiger partial charge in [-0.3, -0.25) is 0 Å². The first-order chi connectivity index (χ1) is 9.47. The minimum absolute atomic E-state index is 0.739. The molecule has 1 atom stereocenters. The molecule has 1 aromatic carbocycles. The fourth-order valence-corrected chi connectivity index (χ4v) is 3.87. The molecule has 0 saturated carbocycles. The molecule has 112 valence electrons. The fraction of sp³-hybridized carbons (Fsp3) is 0.647. The third-order valence-electron chi connectivity index (χ3n) is 4.04. The molecule has 20 heavy (non-hydrogen) atoms. The Morgan fingerprint density at radius 3 is 2.55 bits per heavy atom. The number of rotatable bonds is 5. The van der Waals surface area contributed by atoms with Crippen molar-refractivity contribution >= 4 is 21.6 Å². The summed E-state index contributed by atoms with van der Waals surface area (Å²) in [7, 11) is 0. The molecule has 1 unspecified atom stereocenters. The smallest absolute Gasteiger partial charge is 0.0426 e. The maximum atomic E-state index is 3.60. The highest BCUT2D eigenvalue weighted by Gasteiger charge is 2.24. The van der Waals surface area contributed by atoms with Gasteiger partial charge in [-0.05, 0) is 68.5 Å². The summed E-state index contributed by atoms with van der Waals surface area (Å²) in [6.07, 6.45) is 1.31. The highest BCUT2D eigenvalue weighted by Crippen LogP contribution is 2.32. The highest BCUT2D eigenvalue weighted by atomic mass is 79.9. The first-order valence-corrected chi connectivity index (χ1v) is 8.49. The Labute approximate surface area is 132 Å². The van der Waals surface area contributed by atoms with Crippen LogP contribution in [-0.4, -0.2) is 26.2 Å². The Hall–Kier alpha value is -0.540. The lowest BCUT2D eigenvalue weighted by molar-refractivity contribution is 0.477. The van der Waals surface area contributed by atoms with Crippen LogP contribution in [0.3, 0.4) is 0 Å². The molecule has 0 bridgehead atoms. The predicted octanol–water partition coefficient (Wildman–Crippen LogP) is 4.14. The van der Waals surface area contributed by atoms with Gasteiger partial charge in [-0.15, -0.1) is 0 Å². The zero-order chi connectivity index (χ0) is 14.7. The highest BCUT2D eigenvalue weighted by molar-refractivity contribution is 9.10. The first-order valence-electron chi connectivity index (χ1n) is 7.69. The largest absolute Gasteiger partial charge is 0.371 e. The van der Waals surface area contributed by atoms with Gasteiger partial charge in [0.2, 0.25) is 0 Å². The van der Waals surface area contributed by atoms with Crippen molar-refractivity contribution in [1.82, 2.24) is 5.32 Å². The second-order valence-electron chi connectivity index (χ2n) is 6.54. The van der Waals surface area contributed by atoms with Crippen LogP contribution < -0.4 is 10.2 Å². The number of benzene rings is 1. The Bertz CT molecular complexity index is 433. The molecule has 1 aliphatic rings. The Balaban J connectivity index is 1.96. The second kappa shape index (κ2) is 6.95. The maximum Gasteiger partial charge on any atom is 0.0426 e. The van der Waals surface area contributed by atoms with Crippen LogP contribution in [0, 0.1) is 25.7 Å². The van der Waals surface area contributed by atoms with E-state index in [2.05, 4.69) is 66.0 Å². The van der Waals surface area contributed by atoms with Crippen LogP contribution in [0.4, 0.5) is 5.69 Å². The van der Waals surface area contributed by atoms with E-state index < -0.39 is 0 Å². The summed E-state index contributed by atoms with van der Waals surface area (Å²) in [5, 5.41) is 3.60. The van der Waals surface area contributed by atoms with Crippen LogP contribution in [0.1, 0.15) is 31.4 Å². The molecule has 1 N–H and O–H groups in total. The topological polar surface area (TPSA) is 15.3 Å². The molecule has 0 radical (unpaired) electrons. The minimum atomic E-state index is 0.739. The number of halogens is 1. The minimum Gasteiger partial charge on any atom is -0.371 e. The summed E-state index contributed by atoms with van der Waals surface area (Å²) in [5.74, 6) is 1.53. The van der Waals surface area contributed by atoms with E-state index in [0.717, 1.165) is 24.9 Å². The molecule has 1 fully saturated rings. The molecule has 0 amide bonds. The number of nitrogens with zero attached hydrogens (tertiary/aromatic N) is 1. The summed E-state index contributed by atoms with van der Waals surface area (Å²) in [6.45, 7) is 13.6. The van der Waals surface area contributed by atoms with Gasteiger partial charge in [0.05, 0.1) is 0 Å². The summed E-state index contributed by atoms with van der Waals surface area (Å²) < 4.78 is 1.19. The van der Waals surface area contributed by atoms with Gasteiger partial charge in [-0.2, -0.15) is 0 Å². The average Bonchev–Trinajstić information content (AvgIpc) is 2.75. The van der Waals surface area contributed by atoms with Crippen molar-refractivity contribution in [2.24, 2.45) is 11.8 Å². The summed E-state index contributed by atoms with van der Waals surface area (Å²) in [6, 6.07) is 4.46. The van der Waals surface area contributed by atoms with Crippen molar-refractivity contribution in [3.05, 3.63) is 27.7 Å². The normalized spacial score (nSPS) is 19.1. The standard InChI is InChI=1S/C17H27BrN2/c1-12(2)9-19-10-15-5-6-20(11-15)17-13(3)7-16(18)8-14(17)4/h7-8,12,15,19H,5-6,9-11H2,1-4H3. The quantitative estimate of drug-likeness (QED) is 0.867. The molecule has 1 saturated heterocycles. The zero-order valence-corrected chi connectivity index (χ0v) is 14.8. The van der Waals surface area contributed by atoms with Crippen molar-refractivity contribution in [2.45, 2.75) is 34.1 Å². The van der Waals surface area contributed by atoms with E-state index >= 15 is 0 Å². The van der Waals surface area contributed by atoms with Crippen LogP contribution in [0.2, 0.25) is 0 Å². The van der Waals surface area contributed by atoms with Gasteiger partial charge in [0.15, 0.2) is 0 Å². The third kappa shape index (κ3) is 3.98. The molecular weight excluding hydrogens is 312 g/mol. The van der Waals surface area contributed by atoms with Crippen LogP contribution in [0.25, 0.3) is 0 Å². The summed E-state index contributed by atoms with van der Waals surface area (Å²) in [4.78, 5) is 2.57. The zero-order valence-electron chi connectivity index (χ0n) is 13.2. The monoisotopic (exact) mass is 338 g/mol. The van der Waals surface area contributed by atoms with Crippen molar-refractivity contribution < 1.29 is 0 Å². The molecule has 2 nitrogen and oxygen atoms in total. The Kier molecular flexibility index (Phi) is 5.50. The molecule has 0 spiro atoms. The van der Waals surface area contributed by atoms with Gasteiger partial charge in [0, 0.05) is 23.2 Å². The molecule has 3 heteroatoms. The number of aryl methyl sites for hydroxylation is 2. The van der Waals surface area contributed by atoms with E-state index in [1.54, 1.807) is 0 Å². The fourth-order valence-electron chi connectivity index (χ4n) is 3.18. The lowest BCUT2D eigenvalue weighted by Crippen LogP contribution is -2.29. The van der Waals surface area contributed by atoms with E-state index in [-0.39, 0.29) is 0 Å². The Morgan fingerprint density at radius 2 is 1.95 bits per heavy atom. The molecule has 0 aromatic heterocycles. The lowest BCUT2D eigenvalue weighted by Gasteiger charge is -2.24. The SMILES string of the molecule is Cc1cc(Br)cc(C)c1N1CCC(CNCC(C)C)C1. The van der Waals surface area contributed by atoms with Crippen molar-refractivity contribution in [1.29, 1.82) is 0 Å². The second-order valence-corrected chi connectivity index (χ2v) is 7.46. The van der Waals surface area contributed by atoms with Gasteiger partial charge in [-0.25, -0.2) is 0 Å². The number of anilines is 1. The van der Waals surface area contributed by atoms with E-state index in [0.29, 0.717) is 0 Å². The summed E-state index contributed by atoms with van der Waals surface area (Å²) in [5.41, 5.74) is 4.21. The molecule has 1 aromatic rings. The van der Waals surface area contributed by atoms with Gasteiger partial charge < -0.3 is 10.2 Å². The predicted molar refractivity (Wildman–Crippen MR) is 91.6 cm³/mol. The van der Waals surface area contributed by atoms with Crippen LogP contribution in [0.5, 0.6) is 0 Å². The van der Waals surface area contributed by atoms with E-state index in [9.17, 15) is 0 Å². The Morgan fingerprint density at radius 1 is 1.30 bits per heavy atom. The van der Waals surface area contributed by atoms with Gasteiger partial charge in [0.25, 0.3) is 0 Å². The average molecular weight is 339 g/mol. The number of hydrogen-bond donors (Lipinski definition) is 1. The van der Waals surface area contributed by atoms with Crippen molar-refractivity contribution in [2.75, 3.05) is 31.1 Å². The lowest BCUT2D eigenvalue weighted by atomic mass is 10.1. The maximum absolute atomic E-state index is 3.60. The molecule has 1 aliphatic heterocycles. The van der Waals surface area contributed by atoms with Crippen molar-refractivity contribution in [3.63, 3.8) is 0 Å². The first kappa shape index (κ1) is 15.8. The van der Waals surface area contributed by atoms with Crippen LogP contribution >= 0.6 is 15.9 Å². The van der Waals surface area contributed by atoms with E-state index in [4.69, 9.17) is 0 Å². The van der Waals surface area contributed by atoms with Gasteiger partial charge in [0.1, 0.15) is 0 Å². The number of hydrogen-bond acceptors (Lipinski definition) is 2. The van der Waals surface area contributed by atoms with E-state index in [1.807, 2.05) is 0 Å². The molecule has 0 aliphatic carbocycles. The van der Waals surface area contributed by atoms with Gasteiger partial charge >= 0.3 is 0 Å². The molecule has 2 rings (SSSR count). The van der Waals surface area contributed by atoms with Gasteiger partial charge in [-0.1, -0.05) is 29.8 Å². The van der Waals surface area contributed by atoms with E-state index in [1.165, 1.54) is 40.8 Å².